The summed E-state index contributed by atoms with van der Waals surface area (Å²) in [4.78, 5) is 11.3. The van der Waals surface area contributed by atoms with E-state index in [1.165, 1.54) is 18.4 Å². The average Bonchev–Trinajstić information content (AvgIpc) is 3.02. The lowest BCUT2D eigenvalue weighted by Gasteiger charge is -2.02. The SMILES string of the molecule is CCOC(=O)c1ccc(C2CC2)cc1. The summed E-state index contributed by atoms with van der Waals surface area (Å²) in [5.41, 5.74) is 1.99. The number of hydrogen-bond acceptors (Lipinski definition) is 2. The smallest absolute Gasteiger partial charge is 0.338 e. The lowest BCUT2D eigenvalue weighted by atomic mass is 10.1. The second-order valence-corrected chi connectivity index (χ2v) is 3.62. The molecule has 0 radical (unpaired) electrons. The second kappa shape index (κ2) is 3.82. The first-order chi connectivity index (χ1) is 6.81. The molecular formula is C12H14O2. The Morgan fingerprint density at radius 1 is 1.36 bits per heavy atom. The molecule has 1 saturated carbocycles. The Balaban J connectivity index is 2.08. The van der Waals surface area contributed by atoms with Gasteiger partial charge in [0.05, 0.1) is 12.2 Å². The summed E-state index contributed by atoms with van der Waals surface area (Å²) < 4.78 is 4.90. The number of benzene rings is 1. The number of carbonyl (C=O) groups excluding carboxylic acids is 1. The van der Waals surface area contributed by atoms with Gasteiger partial charge in [0.25, 0.3) is 0 Å². The maximum Gasteiger partial charge on any atom is 0.338 e. The van der Waals surface area contributed by atoms with Crippen LogP contribution in [0.2, 0.25) is 0 Å². The van der Waals surface area contributed by atoms with E-state index in [-0.39, 0.29) is 5.97 Å². The van der Waals surface area contributed by atoms with Gasteiger partial charge in [0.15, 0.2) is 0 Å². The van der Waals surface area contributed by atoms with E-state index < -0.39 is 0 Å². The molecule has 0 bridgehead atoms. The molecular weight excluding hydrogens is 176 g/mol. The predicted octanol–water partition coefficient (Wildman–Crippen LogP) is 2.74. The molecule has 74 valence electrons. The molecule has 2 heteroatoms. The molecule has 0 N–H and O–H groups in total. The highest BCUT2D eigenvalue weighted by molar-refractivity contribution is 5.89. The first-order valence-corrected chi connectivity index (χ1v) is 5.08. The molecule has 0 aromatic heterocycles. The maximum absolute atomic E-state index is 11.3. The molecule has 1 aliphatic carbocycles. The molecule has 0 spiro atoms. The van der Waals surface area contributed by atoms with Crippen LogP contribution >= 0.6 is 0 Å². The van der Waals surface area contributed by atoms with Crippen molar-refractivity contribution in [1.29, 1.82) is 0 Å². The summed E-state index contributed by atoms with van der Waals surface area (Å²) in [5, 5.41) is 0. The number of hydrogen-bond donors (Lipinski definition) is 0. The van der Waals surface area contributed by atoms with Gasteiger partial charge < -0.3 is 4.74 Å². The molecule has 2 nitrogen and oxygen atoms in total. The van der Waals surface area contributed by atoms with Crippen LogP contribution in [-0.4, -0.2) is 12.6 Å². The third-order valence-corrected chi connectivity index (χ3v) is 2.47. The van der Waals surface area contributed by atoms with Crippen molar-refractivity contribution in [2.75, 3.05) is 6.61 Å². The third-order valence-electron chi connectivity index (χ3n) is 2.47. The minimum atomic E-state index is -0.227. The lowest BCUT2D eigenvalue weighted by molar-refractivity contribution is 0.0526. The first-order valence-electron chi connectivity index (χ1n) is 5.08. The zero-order valence-corrected chi connectivity index (χ0v) is 8.32. The van der Waals surface area contributed by atoms with Crippen molar-refractivity contribution in [3.63, 3.8) is 0 Å². The van der Waals surface area contributed by atoms with Crippen LogP contribution in [0.1, 0.15) is 41.6 Å². The van der Waals surface area contributed by atoms with E-state index >= 15 is 0 Å². The van der Waals surface area contributed by atoms with Gasteiger partial charge in [0, 0.05) is 0 Å². The van der Waals surface area contributed by atoms with E-state index in [0.717, 1.165) is 5.92 Å². The van der Waals surface area contributed by atoms with Crippen LogP contribution < -0.4 is 0 Å². The zero-order chi connectivity index (χ0) is 9.97. The monoisotopic (exact) mass is 190 g/mol. The standard InChI is InChI=1S/C12H14O2/c1-2-14-12(13)11-7-5-10(6-8-11)9-3-4-9/h5-9H,2-4H2,1H3. The van der Waals surface area contributed by atoms with Crippen LogP contribution in [-0.2, 0) is 4.74 Å². The number of esters is 1. The van der Waals surface area contributed by atoms with Crippen LogP contribution in [0.5, 0.6) is 0 Å². The van der Waals surface area contributed by atoms with Gasteiger partial charge in [-0.2, -0.15) is 0 Å². The van der Waals surface area contributed by atoms with Crippen LogP contribution in [0, 0.1) is 0 Å². The van der Waals surface area contributed by atoms with Crippen molar-refractivity contribution in [2.45, 2.75) is 25.7 Å². The molecule has 0 amide bonds. The summed E-state index contributed by atoms with van der Waals surface area (Å²) in [6.45, 7) is 2.25. The number of rotatable bonds is 3. The van der Waals surface area contributed by atoms with E-state index in [0.29, 0.717) is 12.2 Å². The van der Waals surface area contributed by atoms with Crippen molar-refractivity contribution in [1.82, 2.24) is 0 Å². The summed E-state index contributed by atoms with van der Waals surface area (Å²) in [7, 11) is 0. The van der Waals surface area contributed by atoms with E-state index in [2.05, 4.69) is 0 Å². The highest BCUT2D eigenvalue weighted by Gasteiger charge is 2.23. The summed E-state index contributed by atoms with van der Waals surface area (Å²) in [6, 6.07) is 7.77. The molecule has 14 heavy (non-hydrogen) atoms. The summed E-state index contributed by atoms with van der Waals surface area (Å²) >= 11 is 0. The second-order valence-electron chi connectivity index (χ2n) is 3.62. The minimum Gasteiger partial charge on any atom is -0.462 e. The molecule has 0 unspecified atom stereocenters. The Morgan fingerprint density at radius 2 is 2.00 bits per heavy atom. The van der Waals surface area contributed by atoms with Crippen molar-refractivity contribution < 1.29 is 9.53 Å². The molecule has 0 aliphatic heterocycles. The largest absolute Gasteiger partial charge is 0.462 e. The van der Waals surface area contributed by atoms with Gasteiger partial charge in [-0.15, -0.1) is 0 Å². The fourth-order valence-electron chi connectivity index (χ4n) is 1.52. The topological polar surface area (TPSA) is 26.3 Å². The molecule has 0 atom stereocenters. The van der Waals surface area contributed by atoms with Gasteiger partial charge in [-0.25, -0.2) is 4.79 Å². The van der Waals surface area contributed by atoms with Crippen molar-refractivity contribution in [2.24, 2.45) is 0 Å². The molecule has 0 heterocycles. The van der Waals surface area contributed by atoms with Crippen LogP contribution in [0.25, 0.3) is 0 Å². The molecule has 2 rings (SSSR count). The molecule has 1 aliphatic rings. The highest BCUT2D eigenvalue weighted by atomic mass is 16.5. The van der Waals surface area contributed by atoms with Gasteiger partial charge in [-0.1, -0.05) is 12.1 Å². The van der Waals surface area contributed by atoms with Gasteiger partial charge in [0.1, 0.15) is 0 Å². The normalized spacial score (nSPS) is 15.2. The van der Waals surface area contributed by atoms with Crippen LogP contribution in [0.4, 0.5) is 0 Å². The van der Waals surface area contributed by atoms with Crippen molar-refractivity contribution in [3.8, 4) is 0 Å². The minimum absolute atomic E-state index is 0.227. The molecule has 1 fully saturated rings. The fraction of sp³-hybridized carbons (Fsp3) is 0.417. The zero-order valence-electron chi connectivity index (χ0n) is 8.32. The van der Waals surface area contributed by atoms with Gasteiger partial charge in [-0.3, -0.25) is 0 Å². The highest BCUT2D eigenvalue weighted by Crippen LogP contribution is 2.39. The quantitative estimate of drug-likeness (QED) is 0.685. The molecule has 1 aromatic rings. The van der Waals surface area contributed by atoms with Crippen LogP contribution in [0.3, 0.4) is 0 Å². The van der Waals surface area contributed by atoms with Gasteiger partial charge in [0.2, 0.25) is 0 Å². The Labute approximate surface area is 83.9 Å². The number of carbonyl (C=O) groups is 1. The average molecular weight is 190 g/mol. The van der Waals surface area contributed by atoms with E-state index in [1.807, 2.05) is 31.2 Å². The van der Waals surface area contributed by atoms with E-state index in [1.54, 1.807) is 0 Å². The number of ether oxygens (including phenoxy) is 1. The predicted molar refractivity (Wildman–Crippen MR) is 54.4 cm³/mol. The van der Waals surface area contributed by atoms with Crippen molar-refractivity contribution in [3.05, 3.63) is 35.4 Å². The Bertz CT molecular complexity index is 323. The lowest BCUT2D eigenvalue weighted by Crippen LogP contribution is -2.04. The van der Waals surface area contributed by atoms with Crippen molar-refractivity contribution >= 4 is 5.97 Å². The molecule has 1 aromatic carbocycles. The molecule has 0 saturated heterocycles. The fourth-order valence-corrected chi connectivity index (χ4v) is 1.52. The van der Waals surface area contributed by atoms with Gasteiger partial charge >= 0.3 is 5.97 Å². The Hall–Kier alpha value is -1.31. The van der Waals surface area contributed by atoms with E-state index in [9.17, 15) is 4.79 Å². The van der Waals surface area contributed by atoms with E-state index in [4.69, 9.17) is 4.74 Å². The Kier molecular flexibility index (Phi) is 2.53. The Morgan fingerprint density at radius 3 is 2.50 bits per heavy atom. The third kappa shape index (κ3) is 1.95. The van der Waals surface area contributed by atoms with Gasteiger partial charge in [-0.05, 0) is 43.4 Å². The first kappa shape index (κ1) is 9.25. The maximum atomic E-state index is 11.3. The summed E-state index contributed by atoms with van der Waals surface area (Å²) in [5.74, 6) is 0.515. The van der Waals surface area contributed by atoms with Crippen LogP contribution in [0.15, 0.2) is 24.3 Å². The summed E-state index contributed by atoms with van der Waals surface area (Å²) in [6.07, 6.45) is 2.58.